The molecule has 0 aromatic rings. The standard InChI is InChI=1S/C3H6BIS/c1-2-3-6(4)5/h2-3,6H,1H3/b3-2+. The summed E-state index contributed by atoms with van der Waals surface area (Å²) in [5, 5.41) is 2.00. The fourth-order valence-corrected chi connectivity index (χ4v) is 1.39. The number of hydrogen-bond acceptors (Lipinski definition) is 0. The molecule has 0 aliphatic carbocycles. The van der Waals surface area contributed by atoms with Crippen molar-refractivity contribution in [2.75, 3.05) is 0 Å². The molecule has 0 fully saturated rings. The molecule has 0 aromatic heterocycles. The zero-order valence-electron chi connectivity index (χ0n) is 3.56. The van der Waals surface area contributed by atoms with E-state index in [-0.39, 0.29) is 7.30 Å². The van der Waals surface area contributed by atoms with E-state index in [0.717, 1.165) is 0 Å². The van der Waals surface area contributed by atoms with Crippen LogP contribution in [0.2, 0.25) is 0 Å². The van der Waals surface area contributed by atoms with Crippen molar-refractivity contribution < 1.29 is 0 Å². The van der Waals surface area contributed by atoms with Gasteiger partial charge in [0.2, 0.25) is 0 Å². The molecule has 3 heteroatoms. The molecule has 0 nitrogen and oxygen atoms in total. The van der Waals surface area contributed by atoms with Crippen LogP contribution < -0.4 is 0 Å². The molecule has 0 saturated carbocycles. The van der Waals surface area contributed by atoms with Crippen molar-refractivity contribution >= 4 is 35.0 Å². The summed E-state index contributed by atoms with van der Waals surface area (Å²) in [5.41, 5.74) is 0. The molecule has 0 aliphatic rings. The maximum absolute atomic E-state index is 5.37. The minimum atomic E-state index is -0.311. The Morgan fingerprint density at radius 1 is 1.83 bits per heavy atom. The van der Waals surface area contributed by atoms with Gasteiger partial charge in [-0.3, -0.25) is 0 Å². The predicted molar refractivity (Wildman–Crippen MR) is 43.6 cm³/mol. The first kappa shape index (κ1) is 6.88. The molecule has 0 spiro atoms. The van der Waals surface area contributed by atoms with E-state index in [4.69, 9.17) is 6.53 Å². The van der Waals surface area contributed by atoms with E-state index in [1.165, 1.54) is 0 Å². The summed E-state index contributed by atoms with van der Waals surface area (Å²) in [6, 6.07) is 0. The van der Waals surface area contributed by atoms with Crippen LogP contribution in [0.5, 0.6) is 0 Å². The molecule has 0 radical (unpaired) electrons. The van der Waals surface area contributed by atoms with Gasteiger partial charge in [-0.25, -0.2) is 0 Å². The number of halogens is 1. The van der Waals surface area contributed by atoms with E-state index < -0.39 is 0 Å². The van der Waals surface area contributed by atoms with Gasteiger partial charge in [-0.15, -0.1) is 0 Å². The summed E-state index contributed by atoms with van der Waals surface area (Å²) in [6.07, 6.45) is 1.97. The van der Waals surface area contributed by atoms with Crippen LogP contribution in [0, 0.1) is 0 Å². The maximum atomic E-state index is 5.37. The molecule has 0 rings (SSSR count). The third-order valence-corrected chi connectivity index (χ3v) is 1.84. The minimum absolute atomic E-state index is 0.311. The average Bonchev–Trinajstić information content (AvgIpc) is 1.35. The van der Waals surface area contributed by atoms with Gasteiger partial charge in [-0.2, -0.15) is 0 Å². The van der Waals surface area contributed by atoms with E-state index in [2.05, 4.69) is 21.2 Å². The Bertz CT molecular complexity index is 110. The molecule has 0 saturated heterocycles. The topological polar surface area (TPSA) is 0 Å². The van der Waals surface area contributed by atoms with Crippen LogP contribution in [-0.4, -0.2) is 6.53 Å². The van der Waals surface area contributed by atoms with Crippen LogP contribution in [0.3, 0.4) is 0 Å². The van der Waals surface area contributed by atoms with Gasteiger partial charge in [0, 0.05) is 0 Å². The number of hydrogen-bond donors (Lipinski definition) is 1. The summed E-state index contributed by atoms with van der Waals surface area (Å²) < 4.78 is 0. The van der Waals surface area contributed by atoms with Crippen LogP contribution in [-0.2, 0) is 0 Å². The van der Waals surface area contributed by atoms with Crippen LogP contribution in [0.25, 0.3) is 0 Å². The number of allylic oxidation sites excluding steroid dienone is 1. The third kappa shape index (κ3) is 4.88. The molecule has 0 heterocycles. The normalized spacial score (nSPS) is 16.0. The molecular formula is C3H6BIS. The van der Waals surface area contributed by atoms with E-state index in [1.807, 2.05) is 18.4 Å². The van der Waals surface area contributed by atoms with Crippen molar-refractivity contribution in [3.63, 3.8) is 0 Å². The molecule has 0 bridgehead atoms. The summed E-state index contributed by atoms with van der Waals surface area (Å²) in [5.74, 6) is 0. The van der Waals surface area contributed by atoms with Gasteiger partial charge in [0.05, 0.1) is 0 Å². The van der Waals surface area contributed by atoms with Gasteiger partial charge < -0.3 is 0 Å². The van der Waals surface area contributed by atoms with Gasteiger partial charge in [0.15, 0.2) is 0 Å². The fraction of sp³-hybridized carbons (Fsp3) is 0.333. The zero-order chi connectivity index (χ0) is 4.99. The van der Waals surface area contributed by atoms with Crippen molar-refractivity contribution in [2.45, 2.75) is 6.92 Å². The Hall–Kier alpha value is 0.885. The van der Waals surface area contributed by atoms with Crippen molar-refractivity contribution in [3.05, 3.63) is 11.5 Å². The van der Waals surface area contributed by atoms with Crippen molar-refractivity contribution in [1.82, 2.24) is 0 Å². The monoisotopic (exact) mass is 212 g/mol. The summed E-state index contributed by atoms with van der Waals surface area (Å²) in [7, 11) is -0.311. The van der Waals surface area contributed by atoms with E-state index in [9.17, 15) is 0 Å². The van der Waals surface area contributed by atoms with Gasteiger partial charge >= 0.3 is 53.4 Å². The summed E-state index contributed by atoms with van der Waals surface area (Å²) >= 11 is 2.20. The zero-order valence-corrected chi connectivity index (χ0v) is 6.61. The van der Waals surface area contributed by atoms with Crippen LogP contribution >= 0.6 is 28.5 Å². The van der Waals surface area contributed by atoms with Crippen LogP contribution in [0.4, 0.5) is 0 Å². The Morgan fingerprint density at radius 2 is 2.33 bits per heavy atom. The molecule has 1 unspecified atom stereocenters. The second-order valence-electron chi connectivity index (χ2n) is 0.827. The predicted octanol–water partition coefficient (Wildman–Crippen LogP) is 1.95. The third-order valence-electron chi connectivity index (χ3n) is 0.291. The Labute approximate surface area is 53.4 Å². The number of thiol groups is 1. The second-order valence-corrected chi connectivity index (χ2v) is 5.16. The Morgan fingerprint density at radius 3 is 2.33 bits per heavy atom. The molecule has 0 aromatic carbocycles. The molecule has 6 heavy (non-hydrogen) atoms. The second kappa shape index (κ2) is 4.05. The Balaban J connectivity index is 3.41. The first-order valence-corrected chi connectivity index (χ1v) is 5.86. The fourth-order valence-electron chi connectivity index (χ4n) is 0.142. The molecule has 1 atom stereocenters. The van der Waals surface area contributed by atoms with E-state index >= 15 is 0 Å². The van der Waals surface area contributed by atoms with Gasteiger partial charge in [0.1, 0.15) is 0 Å². The summed E-state index contributed by atoms with van der Waals surface area (Å²) in [4.78, 5) is 0. The molecular weight excluding hydrogens is 206 g/mol. The van der Waals surface area contributed by atoms with Gasteiger partial charge in [-0.1, -0.05) is 0 Å². The van der Waals surface area contributed by atoms with E-state index in [1.54, 1.807) is 0 Å². The van der Waals surface area contributed by atoms with Crippen molar-refractivity contribution in [2.24, 2.45) is 0 Å². The van der Waals surface area contributed by atoms with E-state index in [0.29, 0.717) is 0 Å². The quantitative estimate of drug-likeness (QED) is 0.354. The van der Waals surface area contributed by atoms with Gasteiger partial charge in [-0.05, 0) is 0 Å². The van der Waals surface area contributed by atoms with Gasteiger partial charge in [0.25, 0.3) is 0 Å². The first-order chi connectivity index (χ1) is 2.77. The van der Waals surface area contributed by atoms with Crippen molar-refractivity contribution in [3.8, 4) is 0 Å². The SMILES string of the molecule is B#[SH](I)/C=C/C. The van der Waals surface area contributed by atoms with Crippen molar-refractivity contribution in [1.29, 1.82) is 0 Å². The first-order valence-electron chi connectivity index (χ1n) is 1.60. The average molecular weight is 212 g/mol. The number of rotatable bonds is 0. The van der Waals surface area contributed by atoms with Crippen LogP contribution in [0.1, 0.15) is 6.92 Å². The molecule has 34 valence electrons. The molecule has 0 aliphatic heterocycles. The molecule has 0 N–H and O–H groups in total. The molecule has 0 amide bonds. The van der Waals surface area contributed by atoms with Crippen LogP contribution in [0.15, 0.2) is 11.5 Å². The Kier molecular flexibility index (Phi) is 4.65. The summed E-state index contributed by atoms with van der Waals surface area (Å²) in [6.45, 7) is 7.34.